The van der Waals surface area contributed by atoms with E-state index < -0.39 is 0 Å². The lowest BCUT2D eigenvalue weighted by atomic mass is 10.1. The van der Waals surface area contributed by atoms with Crippen molar-refractivity contribution in [2.24, 2.45) is 5.92 Å². The van der Waals surface area contributed by atoms with Crippen LogP contribution in [-0.4, -0.2) is 50.9 Å². The Hall–Kier alpha value is -2.61. The van der Waals surface area contributed by atoms with Crippen molar-refractivity contribution in [3.05, 3.63) is 35.4 Å². The first-order chi connectivity index (χ1) is 13.5. The lowest BCUT2D eigenvalue weighted by Gasteiger charge is -2.20. The molecular weight excluding hydrogens is 358 g/mol. The number of aromatic hydroxyl groups is 1. The Labute approximate surface area is 165 Å². The van der Waals surface area contributed by atoms with Crippen molar-refractivity contribution in [2.75, 3.05) is 20.2 Å². The van der Waals surface area contributed by atoms with Gasteiger partial charge in [0.05, 0.1) is 13.7 Å². The second-order valence-electron chi connectivity index (χ2n) is 7.23. The van der Waals surface area contributed by atoms with Crippen LogP contribution in [0.1, 0.15) is 37.5 Å². The number of ether oxygens (including phenoxy) is 1. The van der Waals surface area contributed by atoms with Gasteiger partial charge < -0.3 is 19.7 Å². The molecule has 2 aromatic rings. The number of methoxy groups -OCH3 is 1. The van der Waals surface area contributed by atoms with E-state index >= 15 is 0 Å². The van der Waals surface area contributed by atoms with Gasteiger partial charge in [-0.1, -0.05) is 19.9 Å². The second-order valence-corrected chi connectivity index (χ2v) is 7.23. The largest absolute Gasteiger partial charge is 0.507 e. The van der Waals surface area contributed by atoms with Gasteiger partial charge in [0.1, 0.15) is 17.3 Å². The number of aromatic nitrogens is 3. The lowest BCUT2D eigenvalue weighted by Crippen LogP contribution is -2.30. The van der Waals surface area contributed by atoms with Crippen molar-refractivity contribution in [2.45, 2.75) is 46.3 Å². The highest BCUT2D eigenvalue weighted by molar-refractivity contribution is 5.78. The van der Waals surface area contributed by atoms with E-state index in [1.807, 2.05) is 26.0 Å². The number of hydrogen-bond donors (Lipinski definition) is 2. The topological polar surface area (TPSA) is 92.5 Å². The standard InChI is InChI=1S/C20H29N5O3/c1-4-14(2)20(27)21-12-19-23-22-18-7-8-24(9-10-25(18)19)13-15-5-6-16(28-3)11-17(15)26/h5-6,11,14,26H,4,7-10,12-13H2,1-3H3,(H,21,27). The summed E-state index contributed by atoms with van der Waals surface area (Å²) < 4.78 is 7.25. The fraction of sp³-hybridized carbons (Fsp3) is 0.550. The Morgan fingerprint density at radius 1 is 1.32 bits per heavy atom. The zero-order chi connectivity index (χ0) is 20.1. The van der Waals surface area contributed by atoms with Crippen molar-refractivity contribution >= 4 is 5.91 Å². The first-order valence-corrected chi connectivity index (χ1v) is 9.78. The molecule has 1 aliphatic rings. The number of hydrogen-bond acceptors (Lipinski definition) is 6. The molecule has 8 heteroatoms. The number of nitrogens with one attached hydrogen (secondary N) is 1. The van der Waals surface area contributed by atoms with Gasteiger partial charge in [-0.05, 0) is 12.5 Å². The molecule has 8 nitrogen and oxygen atoms in total. The van der Waals surface area contributed by atoms with Gasteiger partial charge in [-0.3, -0.25) is 9.69 Å². The third-order valence-corrected chi connectivity index (χ3v) is 5.36. The minimum Gasteiger partial charge on any atom is -0.507 e. The van der Waals surface area contributed by atoms with Crippen LogP contribution in [0.2, 0.25) is 0 Å². The fourth-order valence-electron chi connectivity index (χ4n) is 3.29. The molecule has 0 bridgehead atoms. The third kappa shape index (κ3) is 4.62. The summed E-state index contributed by atoms with van der Waals surface area (Å²) in [6, 6.07) is 5.40. The molecule has 1 aromatic carbocycles. The summed E-state index contributed by atoms with van der Waals surface area (Å²) in [7, 11) is 1.58. The lowest BCUT2D eigenvalue weighted by molar-refractivity contribution is -0.124. The van der Waals surface area contributed by atoms with Gasteiger partial charge in [0.25, 0.3) is 0 Å². The van der Waals surface area contributed by atoms with Crippen LogP contribution < -0.4 is 10.1 Å². The summed E-state index contributed by atoms with van der Waals surface area (Å²) in [5, 5.41) is 21.7. The van der Waals surface area contributed by atoms with Crippen LogP contribution >= 0.6 is 0 Å². The minimum absolute atomic E-state index is 0.000749. The summed E-state index contributed by atoms with van der Waals surface area (Å²) in [5.41, 5.74) is 0.875. The number of amides is 1. The van der Waals surface area contributed by atoms with Gasteiger partial charge in [0, 0.05) is 50.1 Å². The van der Waals surface area contributed by atoms with Crippen LogP contribution in [0, 0.1) is 5.92 Å². The van der Waals surface area contributed by atoms with E-state index in [-0.39, 0.29) is 17.6 Å². The molecule has 1 unspecified atom stereocenters. The normalized spacial score (nSPS) is 15.5. The van der Waals surface area contributed by atoms with Crippen molar-refractivity contribution < 1.29 is 14.6 Å². The molecule has 1 amide bonds. The number of benzene rings is 1. The highest BCUT2D eigenvalue weighted by Gasteiger charge is 2.20. The van der Waals surface area contributed by atoms with Crippen LogP contribution in [0.15, 0.2) is 18.2 Å². The first kappa shape index (κ1) is 20.1. The molecule has 0 aliphatic carbocycles. The summed E-state index contributed by atoms with van der Waals surface area (Å²) >= 11 is 0. The molecule has 0 saturated heterocycles. The SMILES string of the molecule is CCC(C)C(=O)NCc1nnc2n1CCN(Cc1ccc(OC)cc1O)CC2. The highest BCUT2D eigenvalue weighted by atomic mass is 16.5. The van der Waals surface area contributed by atoms with Crippen LogP contribution in [0.25, 0.3) is 0 Å². The summed E-state index contributed by atoms with van der Waals surface area (Å²) in [4.78, 5) is 14.3. The molecular formula is C20H29N5O3. The molecule has 2 N–H and O–H groups in total. The molecule has 3 rings (SSSR count). The van der Waals surface area contributed by atoms with E-state index in [1.165, 1.54) is 0 Å². The maximum atomic E-state index is 12.0. The predicted molar refractivity (Wildman–Crippen MR) is 105 cm³/mol. The van der Waals surface area contributed by atoms with Crippen molar-refractivity contribution in [1.29, 1.82) is 0 Å². The average molecular weight is 387 g/mol. The highest BCUT2D eigenvalue weighted by Crippen LogP contribution is 2.25. The smallest absolute Gasteiger partial charge is 0.223 e. The molecule has 152 valence electrons. The third-order valence-electron chi connectivity index (χ3n) is 5.36. The van der Waals surface area contributed by atoms with E-state index in [1.54, 1.807) is 13.2 Å². The molecule has 1 aromatic heterocycles. The summed E-state index contributed by atoms with van der Waals surface area (Å²) in [5.74, 6) is 2.67. The Morgan fingerprint density at radius 2 is 2.14 bits per heavy atom. The molecule has 0 saturated carbocycles. The van der Waals surface area contributed by atoms with E-state index in [0.29, 0.717) is 18.8 Å². The molecule has 1 atom stereocenters. The zero-order valence-corrected chi connectivity index (χ0v) is 16.8. The molecule has 0 spiro atoms. The zero-order valence-electron chi connectivity index (χ0n) is 16.8. The number of phenolic OH excluding ortho intramolecular Hbond substituents is 1. The summed E-state index contributed by atoms with van der Waals surface area (Å²) in [6.07, 6.45) is 1.60. The number of nitrogens with zero attached hydrogens (tertiary/aromatic N) is 4. The van der Waals surface area contributed by atoms with Gasteiger partial charge in [-0.25, -0.2) is 0 Å². The molecule has 0 fully saturated rings. The average Bonchev–Trinajstić information content (AvgIpc) is 2.99. The molecule has 28 heavy (non-hydrogen) atoms. The number of rotatable bonds is 7. The van der Waals surface area contributed by atoms with Gasteiger partial charge in [-0.15, -0.1) is 10.2 Å². The van der Waals surface area contributed by atoms with Crippen LogP contribution in [0.3, 0.4) is 0 Å². The fourth-order valence-corrected chi connectivity index (χ4v) is 3.29. The maximum absolute atomic E-state index is 12.0. The second kappa shape index (κ2) is 9.05. The predicted octanol–water partition coefficient (Wildman–Crippen LogP) is 1.71. The van der Waals surface area contributed by atoms with E-state index in [0.717, 1.165) is 49.7 Å². The maximum Gasteiger partial charge on any atom is 0.223 e. The van der Waals surface area contributed by atoms with Crippen molar-refractivity contribution in [3.8, 4) is 11.5 Å². The number of carbonyl (C=O) groups is 1. The quantitative estimate of drug-likeness (QED) is 0.751. The van der Waals surface area contributed by atoms with E-state index in [9.17, 15) is 9.90 Å². The number of phenols is 1. The monoisotopic (exact) mass is 387 g/mol. The Bertz CT molecular complexity index is 820. The molecule has 2 heterocycles. The number of carbonyl (C=O) groups excluding carboxylic acids is 1. The van der Waals surface area contributed by atoms with Crippen LogP contribution in [0.5, 0.6) is 11.5 Å². The van der Waals surface area contributed by atoms with Gasteiger partial charge in [-0.2, -0.15) is 0 Å². The van der Waals surface area contributed by atoms with Crippen LogP contribution in [-0.2, 0) is 30.8 Å². The van der Waals surface area contributed by atoms with Crippen molar-refractivity contribution in [1.82, 2.24) is 25.0 Å². The minimum atomic E-state index is -0.000749. The van der Waals surface area contributed by atoms with Gasteiger partial charge >= 0.3 is 0 Å². The molecule has 1 aliphatic heterocycles. The Balaban J connectivity index is 1.61. The summed E-state index contributed by atoms with van der Waals surface area (Å²) in [6.45, 7) is 7.40. The Morgan fingerprint density at radius 3 is 2.86 bits per heavy atom. The van der Waals surface area contributed by atoms with Gasteiger partial charge in [0.2, 0.25) is 5.91 Å². The van der Waals surface area contributed by atoms with E-state index in [2.05, 4.69) is 25.0 Å². The van der Waals surface area contributed by atoms with Gasteiger partial charge in [0.15, 0.2) is 5.82 Å². The van der Waals surface area contributed by atoms with Crippen LogP contribution in [0.4, 0.5) is 0 Å². The van der Waals surface area contributed by atoms with Crippen molar-refractivity contribution in [3.63, 3.8) is 0 Å². The number of fused-ring (bicyclic) bond motifs is 1. The Kier molecular flexibility index (Phi) is 6.51. The first-order valence-electron chi connectivity index (χ1n) is 9.78. The molecule has 0 radical (unpaired) electrons. The van der Waals surface area contributed by atoms with E-state index in [4.69, 9.17) is 4.74 Å².